The second-order valence-corrected chi connectivity index (χ2v) is 4.67. The first-order valence-corrected chi connectivity index (χ1v) is 6.30. The van der Waals surface area contributed by atoms with E-state index in [2.05, 4.69) is 0 Å². The highest BCUT2D eigenvalue weighted by Gasteiger charge is 2.34. The molecule has 1 unspecified atom stereocenters. The zero-order valence-electron chi connectivity index (χ0n) is 10.8. The van der Waals surface area contributed by atoms with Gasteiger partial charge in [-0.1, -0.05) is 24.3 Å². The van der Waals surface area contributed by atoms with E-state index in [1.807, 2.05) is 31.2 Å². The van der Waals surface area contributed by atoms with Crippen molar-refractivity contribution < 1.29 is 19.4 Å². The summed E-state index contributed by atoms with van der Waals surface area (Å²) < 4.78 is 5.20. The van der Waals surface area contributed by atoms with Crippen LogP contribution < -0.4 is 0 Å². The van der Waals surface area contributed by atoms with Gasteiger partial charge < -0.3 is 9.84 Å². The molecular weight excluding hydrogens is 246 g/mol. The van der Waals surface area contributed by atoms with Gasteiger partial charge in [0.2, 0.25) is 0 Å². The summed E-state index contributed by atoms with van der Waals surface area (Å²) in [5.74, 6) is -0.967. The minimum Gasteiger partial charge on any atom is -0.480 e. The third-order valence-electron chi connectivity index (χ3n) is 3.38. The van der Waals surface area contributed by atoms with Crippen LogP contribution in [0.5, 0.6) is 0 Å². The predicted molar refractivity (Wildman–Crippen MR) is 68.7 cm³/mol. The summed E-state index contributed by atoms with van der Waals surface area (Å²) in [5.41, 5.74) is 1.98. The molecule has 1 aliphatic heterocycles. The Hall–Kier alpha value is -2.04. The number of aryl methyl sites for hydroxylation is 1. The smallest absolute Gasteiger partial charge is 0.410 e. The van der Waals surface area contributed by atoms with Crippen LogP contribution in [0.2, 0.25) is 0 Å². The molecule has 1 amide bonds. The molecule has 0 spiro atoms. The van der Waals surface area contributed by atoms with Gasteiger partial charge in [0, 0.05) is 6.54 Å². The van der Waals surface area contributed by atoms with Gasteiger partial charge in [-0.25, -0.2) is 9.59 Å². The third kappa shape index (κ3) is 3.05. The molecule has 1 N–H and O–H groups in total. The fourth-order valence-corrected chi connectivity index (χ4v) is 2.24. The van der Waals surface area contributed by atoms with Gasteiger partial charge >= 0.3 is 12.1 Å². The number of carbonyl (C=O) groups is 2. The summed E-state index contributed by atoms with van der Waals surface area (Å²) in [6, 6.07) is 6.89. The van der Waals surface area contributed by atoms with E-state index in [1.54, 1.807) is 0 Å². The van der Waals surface area contributed by atoms with Crippen LogP contribution in [0.1, 0.15) is 24.0 Å². The van der Waals surface area contributed by atoms with Gasteiger partial charge in [0.1, 0.15) is 12.6 Å². The highest BCUT2D eigenvalue weighted by Crippen LogP contribution is 2.19. The van der Waals surface area contributed by atoms with Crippen LogP contribution in [0.15, 0.2) is 24.3 Å². The molecule has 1 heterocycles. The molecule has 2 rings (SSSR count). The Labute approximate surface area is 111 Å². The molecule has 1 aromatic carbocycles. The number of carboxylic acid groups (broad SMARTS) is 1. The highest BCUT2D eigenvalue weighted by molar-refractivity contribution is 5.80. The Morgan fingerprint density at radius 1 is 1.42 bits per heavy atom. The molecule has 5 nitrogen and oxygen atoms in total. The molecule has 1 atom stereocenters. The zero-order valence-corrected chi connectivity index (χ0v) is 10.8. The number of hydrogen-bond acceptors (Lipinski definition) is 3. The van der Waals surface area contributed by atoms with E-state index in [4.69, 9.17) is 9.84 Å². The lowest BCUT2D eigenvalue weighted by Gasteiger charge is -2.20. The quantitative estimate of drug-likeness (QED) is 0.907. The topological polar surface area (TPSA) is 66.8 Å². The molecule has 0 bridgehead atoms. The van der Waals surface area contributed by atoms with Crippen molar-refractivity contribution in [2.45, 2.75) is 32.4 Å². The summed E-state index contributed by atoms with van der Waals surface area (Å²) in [6.45, 7) is 2.57. The maximum Gasteiger partial charge on any atom is 0.410 e. The molecule has 1 aliphatic rings. The van der Waals surface area contributed by atoms with Crippen LogP contribution in [0, 0.1) is 6.92 Å². The summed E-state index contributed by atoms with van der Waals surface area (Å²) >= 11 is 0. The van der Waals surface area contributed by atoms with Crippen molar-refractivity contribution in [2.24, 2.45) is 0 Å². The minimum atomic E-state index is -0.967. The van der Waals surface area contributed by atoms with Crippen LogP contribution in [0.4, 0.5) is 4.79 Å². The van der Waals surface area contributed by atoms with Gasteiger partial charge in [-0.15, -0.1) is 0 Å². The first kappa shape index (κ1) is 13.4. The van der Waals surface area contributed by atoms with E-state index in [0.717, 1.165) is 11.1 Å². The number of nitrogens with zero attached hydrogens (tertiary/aromatic N) is 1. The van der Waals surface area contributed by atoms with Crippen LogP contribution in [0.25, 0.3) is 0 Å². The maximum atomic E-state index is 11.9. The van der Waals surface area contributed by atoms with Gasteiger partial charge in [0.25, 0.3) is 0 Å². The molecular formula is C14H17NO4. The van der Waals surface area contributed by atoms with E-state index in [-0.39, 0.29) is 6.61 Å². The number of aliphatic carboxylic acids is 1. The summed E-state index contributed by atoms with van der Waals surface area (Å²) in [5, 5.41) is 9.01. The molecule has 102 valence electrons. The minimum absolute atomic E-state index is 0.175. The second-order valence-electron chi connectivity index (χ2n) is 4.67. The molecule has 0 aromatic heterocycles. The second kappa shape index (κ2) is 5.73. The first-order valence-electron chi connectivity index (χ1n) is 6.30. The number of hydrogen-bond donors (Lipinski definition) is 1. The van der Waals surface area contributed by atoms with Gasteiger partial charge in [0.05, 0.1) is 0 Å². The van der Waals surface area contributed by atoms with Crippen LogP contribution >= 0.6 is 0 Å². The number of rotatable bonds is 3. The molecule has 5 heteroatoms. The van der Waals surface area contributed by atoms with Crippen molar-refractivity contribution in [1.82, 2.24) is 4.90 Å². The van der Waals surface area contributed by atoms with E-state index in [9.17, 15) is 9.59 Å². The normalized spacial score (nSPS) is 18.4. The Balaban J connectivity index is 1.95. The van der Waals surface area contributed by atoms with Crippen molar-refractivity contribution >= 4 is 12.1 Å². The molecule has 1 saturated heterocycles. The number of likely N-dealkylation sites (tertiary alicyclic amines) is 1. The lowest BCUT2D eigenvalue weighted by Crippen LogP contribution is -2.40. The van der Waals surface area contributed by atoms with Crippen LogP contribution in [-0.2, 0) is 16.1 Å². The average molecular weight is 263 g/mol. The van der Waals surface area contributed by atoms with E-state index in [0.29, 0.717) is 19.4 Å². The first-order chi connectivity index (χ1) is 9.09. The number of benzene rings is 1. The Kier molecular flexibility index (Phi) is 4.04. The maximum absolute atomic E-state index is 11.9. The molecule has 0 aliphatic carbocycles. The number of ether oxygens (including phenoxy) is 1. The lowest BCUT2D eigenvalue weighted by atomic mass is 10.1. The van der Waals surface area contributed by atoms with Crippen molar-refractivity contribution in [3.05, 3.63) is 35.4 Å². The van der Waals surface area contributed by atoms with Gasteiger partial charge in [-0.3, -0.25) is 4.90 Å². The lowest BCUT2D eigenvalue weighted by molar-refractivity contribution is -0.141. The van der Waals surface area contributed by atoms with E-state index in [1.165, 1.54) is 4.90 Å². The molecule has 19 heavy (non-hydrogen) atoms. The Morgan fingerprint density at radius 2 is 2.16 bits per heavy atom. The number of carboxylic acids is 1. The SMILES string of the molecule is Cc1ccccc1COC(=O)N1CCCC1C(=O)O. The summed E-state index contributed by atoms with van der Waals surface area (Å²) in [6.07, 6.45) is 0.652. The molecule has 1 fully saturated rings. The monoisotopic (exact) mass is 263 g/mol. The number of amides is 1. The Bertz CT molecular complexity index is 486. The highest BCUT2D eigenvalue weighted by atomic mass is 16.6. The summed E-state index contributed by atoms with van der Waals surface area (Å²) in [4.78, 5) is 24.2. The van der Waals surface area contributed by atoms with Crippen LogP contribution in [-0.4, -0.2) is 34.7 Å². The van der Waals surface area contributed by atoms with E-state index < -0.39 is 18.1 Å². The van der Waals surface area contributed by atoms with Gasteiger partial charge in [0.15, 0.2) is 0 Å². The third-order valence-corrected chi connectivity index (χ3v) is 3.38. The predicted octanol–water partition coefficient (Wildman–Crippen LogP) is 2.18. The summed E-state index contributed by atoms with van der Waals surface area (Å²) in [7, 11) is 0. The zero-order chi connectivity index (χ0) is 13.8. The largest absolute Gasteiger partial charge is 0.480 e. The van der Waals surface area contributed by atoms with E-state index >= 15 is 0 Å². The fourth-order valence-electron chi connectivity index (χ4n) is 2.24. The van der Waals surface area contributed by atoms with Gasteiger partial charge in [-0.05, 0) is 30.9 Å². The molecule has 1 aromatic rings. The van der Waals surface area contributed by atoms with Crippen molar-refractivity contribution in [3.8, 4) is 0 Å². The fraction of sp³-hybridized carbons (Fsp3) is 0.429. The average Bonchev–Trinajstić information content (AvgIpc) is 2.87. The van der Waals surface area contributed by atoms with Crippen molar-refractivity contribution in [2.75, 3.05) is 6.54 Å². The van der Waals surface area contributed by atoms with Crippen molar-refractivity contribution in [1.29, 1.82) is 0 Å². The molecule has 0 saturated carbocycles. The van der Waals surface area contributed by atoms with Crippen molar-refractivity contribution in [3.63, 3.8) is 0 Å². The number of carbonyl (C=O) groups excluding carboxylic acids is 1. The standard InChI is InChI=1S/C14H17NO4/c1-10-5-2-3-6-11(10)9-19-14(18)15-8-4-7-12(15)13(16)17/h2-3,5-6,12H,4,7-9H2,1H3,(H,16,17). The van der Waals surface area contributed by atoms with Gasteiger partial charge in [-0.2, -0.15) is 0 Å². The van der Waals surface area contributed by atoms with Crippen LogP contribution in [0.3, 0.4) is 0 Å². The Morgan fingerprint density at radius 3 is 2.84 bits per heavy atom. The molecule has 0 radical (unpaired) electrons.